The van der Waals surface area contributed by atoms with Crippen molar-refractivity contribution in [1.82, 2.24) is 20.1 Å². The van der Waals surface area contributed by atoms with Gasteiger partial charge in [-0.2, -0.15) is 5.10 Å². The first kappa shape index (κ1) is 13.0. The molecular weight excluding hydrogens is 244 g/mol. The maximum Gasteiger partial charge on any atom is 0.251 e. The fraction of sp³-hybridized carbons (Fsp3) is 0.250. The van der Waals surface area contributed by atoms with Crippen molar-refractivity contribution in [2.45, 2.75) is 19.5 Å². The van der Waals surface area contributed by atoms with Crippen molar-refractivity contribution in [3.8, 4) is 0 Å². The van der Waals surface area contributed by atoms with Gasteiger partial charge in [0, 0.05) is 30.2 Å². The third kappa shape index (κ3) is 3.52. The zero-order valence-corrected chi connectivity index (χ0v) is 10.6. The van der Waals surface area contributed by atoms with Crippen molar-refractivity contribution >= 4 is 11.7 Å². The Morgan fingerprint density at radius 2 is 2.37 bits per heavy atom. The SMILES string of the molecule is CC(Cn1cccn1)NC(=O)c1ccnc(NN)c1. The Bertz CT molecular complexity index is 539. The number of nitrogens with one attached hydrogen (secondary N) is 2. The van der Waals surface area contributed by atoms with Gasteiger partial charge in [-0.15, -0.1) is 0 Å². The molecule has 4 N–H and O–H groups in total. The number of anilines is 1. The molecule has 1 unspecified atom stereocenters. The molecule has 2 aromatic heterocycles. The lowest BCUT2D eigenvalue weighted by molar-refractivity contribution is 0.0936. The molecule has 0 aliphatic carbocycles. The molecule has 0 spiro atoms. The first-order valence-corrected chi connectivity index (χ1v) is 5.90. The normalized spacial score (nSPS) is 11.9. The predicted molar refractivity (Wildman–Crippen MR) is 71.2 cm³/mol. The van der Waals surface area contributed by atoms with E-state index in [1.54, 1.807) is 23.0 Å². The van der Waals surface area contributed by atoms with Gasteiger partial charge in [0.25, 0.3) is 5.91 Å². The molecule has 1 amide bonds. The molecule has 0 bridgehead atoms. The Labute approximate surface area is 110 Å². The third-order valence-corrected chi connectivity index (χ3v) is 2.57. The van der Waals surface area contributed by atoms with E-state index < -0.39 is 0 Å². The van der Waals surface area contributed by atoms with E-state index in [2.05, 4.69) is 20.8 Å². The van der Waals surface area contributed by atoms with E-state index in [0.29, 0.717) is 17.9 Å². The minimum absolute atomic E-state index is 0.0325. The summed E-state index contributed by atoms with van der Waals surface area (Å²) in [5.74, 6) is 5.54. The van der Waals surface area contributed by atoms with Crippen molar-refractivity contribution < 1.29 is 4.79 Å². The number of amides is 1. The van der Waals surface area contributed by atoms with Gasteiger partial charge in [0.1, 0.15) is 5.82 Å². The van der Waals surface area contributed by atoms with E-state index in [9.17, 15) is 4.79 Å². The summed E-state index contributed by atoms with van der Waals surface area (Å²) < 4.78 is 1.77. The highest BCUT2D eigenvalue weighted by atomic mass is 16.1. The number of carbonyl (C=O) groups is 1. The summed E-state index contributed by atoms with van der Waals surface area (Å²) in [4.78, 5) is 16.0. The number of rotatable bonds is 5. The summed E-state index contributed by atoms with van der Waals surface area (Å²) in [5, 5.41) is 6.98. The van der Waals surface area contributed by atoms with Crippen LogP contribution in [0.25, 0.3) is 0 Å². The zero-order chi connectivity index (χ0) is 13.7. The van der Waals surface area contributed by atoms with E-state index in [1.807, 2.05) is 19.2 Å². The maximum absolute atomic E-state index is 12.0. The molecule has 0 aromatic carbocycles. The fourth-order valence-electron chi connectivity index (χ4n) is 1.69. The molecule has 7 heteroatoms. The molecule has 0 fully saturated rings. The van der Waals surface area contributed by atoms with Crippen LogP contribution in [0.4, 0.5) is 5.82 Å². The van der Waals surface area contributed by atoms with Gasteiger partial charge in [0.05, 0.1) is 6.54 Å². The van der Waals surface area contributed by atoms with Crippen LogP contribution in [-0.2, 0) is 6.54 Å². The van der Waals surface area contributed by atoms with Gasteiger partial charge in [-0.05, 0) is 25.1 Å². The summed E-state index contributed by atoms with van der Waals surface area (Å²) in [6.07, 6.45) is 5.09. The van der Waals surface area contributed by atoms with Crippen LogP contribution in [0.1, 0.15) is 17.3 Å². The lowest BCUT2D eigenvalue weighted by Crippen LogP contribution is -2.35. The largest absolute Gasteiger partial charge is 0.348 e. The topological polar surface area (TPSA) is 97.9 Å². The minimum Gasteiger partial charge on any atom is -0.348 e. The average Bonchev–Trinajstić information content (AvgIpc) is 2.91. The number of nitrogens with two attached hydrogens (primary N) is 1. The van der Waals surface area contributed by atoms with Crippen LogP contribution in [-0.4, -0.2) is 26.7 Å². The second-order valence-electron chi connectivity index (χ2n) is 4.18. The van der Waals surface area contributed by atoms with Crippen molar-refractivity contribution in [1.29, 1.82) is 0 Å². The molecule has 0 saturated carbocycles. The summed E-state index contributed by atoms with van der Waals surface area (Å²) in [6, 6.07) is 5.04. The lowest BCUT2D eigenvalue weighted by atomic mass is 10.2. The average molecular weight is 260 g/mol. The molecule has 2 aromatic rings. The number of hydrogen-bond acceptors (Lipinski definition) is 5. The standard InChI is InChI=1S/C12H16N6O/c1-9(8-18-6-2-4-15-18)16-12(19)10-3-5-14-11(7-10)17-13/h2-7,9H,8,13H2,1H3,(H,14,17)(H,16,19). The van der Waals surface area contributed by atoms with Gasteiger partial charge < -0.3 is 10.7 Å². The van der Waals surface area contributed by atoms with Gasteiger partial charge in [-0.1, -0.05) is 0 Å². The number of pyridine rings is 1. The van der Waals surface area contributed by atoms with E-state index in [-0.39, 0.29) is 11.9 Å². The van der Waals surface area contributed by atoms with E-state index in [0.717, 1.165) is 0 Å². The molecular formula is C12H16N6O. The Balaban J connectivity index is 1.96. The molecule has 0 saturated heterocycles. The second-order valence-corrected chi connectivity index (χ2v) is 4.18. The molecule has 0 aliphatic heterocycles. The second kappa shape index (κ2) is 5.96. The molecule has 2 rings (SSSR count). The third-order valence-electron chi connectivity index (χ3n) is 2.57. The summed E-state index contributed by atoms with van der Waals surface area (Å²) in [6.45, 7) is 2.54. The van der Waals surface area contributed by atoms with Gasteiger partial charge in [0.15, 0.2) is 0 Å². The first-order chi connectivity index (χ1) is 9.19. The van der Waals surface area contributed by atoms with Crippen molar-refractivity contribution in [2.24, 2.45) is 5.84 Å². The smallest absolute Gasteiger partial charge is 0.251 e. The summed E-state index contributed by atoms with van der Waals surface area (Å²) >= 11 is 0. The fourth-order valence-corrected chi connectivity index (χ4v) is 1.69. The predicted octanol–water partition coefficient (Wildman–Crippen LogP) is 0.382. The molecule has 100 valence electrons. The Morgan fingerprint density at radius 1 is 1.53 bits per heavy atom. The van der Waals surface area contributed by atoms with Crippen LogP contribution in [0, 0.1) is 0 Å². The number of hydrazine groups is 1. The van der Waals surface area contributed by atoms with E-state index >= 15 is 0 Å². The molecule has 7 nitrogen and oxygen atoms in total. The number of hydrogen-bond donors (Lipinski definition) is 3. The van der Waals surface area contributed by atoms with Crippen molar-refractivity contribution in [3.63, 3.8) is 0 Å². The lowest BCUT2D eigenvalue weighted by Gasteiger charge is -2.14. The Kier molecular flexibility index (Phi) is 4.09. The van der Waals surface area contributed by atoms with E-state index in [1.165, 1.54) is 6.20 Å². The maximum atomic E-state index is 12.0. The molecule has 0 radical (unpaired) electrons. The minimum atomic E-state index is -0.168. The quantitative estimate of drug-likeness (QED) is 0.533. The van der Waals surface area contributed by atoms with Crippen LogP contribution < -0.4 is 16.6 Å². The number of carbonyl (C=O) groups excluding carboxylic acids is 1. The number of nitrogens with zero attached hydrogens (tertiary/aromatic N) is 3. The highest BCUT2D eigenvalue weighted by Gasteiger charge is 2.11. The van der Waals surface area contributed by atoms with Gasteiger partial charge in [0.2, 0.25) is 0 Å². The van der Waals surface area contributed by atoms with E-state index in [4.69, 9.17) is 5.84 Å². The summed E-state index contributed by atoms with van der Waals surface area (Å²) in [7, 11) is 0. The van der Waals surface area contributed by atoms with Gasteiger partial charge in [-0.25, -0.2) is 10.8 Å². The molecule has 2 heterocycles. The molecule has 1 atom stereocenters. The number of aromatic nitrogens is 3. The van der Waals surface area contributed by atoms with Crippen molar-refractivity contribution in [3.05, 3.63) is 42.4 Å². The monoisotopic (exact) mass is 260 g/mol. The Morgan fingerprint density at radius 3 is 3.05 bits per heavy atom. The van der Waals surface area contributed by atoms with Gasteiger partial charge >= 0.3 is 0 Å². The van der Waals surface area contributed by atoms with Crippen LogP contribution in [0.15, 0.2) is 36.8 Å². The highest BCUT2D eigenvalue weighted by Crippen LogP contribution is 2.05. The Hall–Kier alpha value is -2.41. The van der Waals surface area contributed by atoms with Crippen LogP contribution in [0.3, 0.4) is 0 Å². The first-order valence-electron chi connectivity index (χ1n) is 5.90. The molecule has 19 heavy (non-hydrogen) atoms. The van der Waals surface area contributed by atoms with Crippen LogP contribution >= 0.6 is 0 Å². The highest BCUT2D eigenvalue weighted by molar-refractivity contribution is 5.94. The van der Waals surface area contributed by atoms with Crippen LogP contribution in [0.2, 0.25) is 0 Å². The summed E-state index contributed by atoms with van der Waals surface area (Å²) in [5.41, 5.74) is 2.92. The van der Waals surface area contributed by atoms with Crippen LogP contribution in [0.5, 0.6) is 0 Å². The zero-order valence-electron chi connectivity index (χ0n) is 10.6. The number of nitrogen functional groups attached to an aromatic ring is 1. The van der Waals surface area contributed by atoms with Crippen molar-refractivity contribution in [2.75, 3.05) is 5.43 Å². The van der Waals surface area contributed by atoms with Gasteiger partial charge in [-0.3, -0.25) is 9.48 Å². The molecule has 0 aliphatic rings.